The highest BCUT2D eigenvalue weighted by Gasteiger charge is 2.57. The molecular formula is C23H13F9N2O13S3. The zero-order chi connectivity index (χ0) is 38.7. The maximum atomic E-state index is 12.3. The van der Waals surface area contributed by atoms with Crippen molar-refractivity contribution in [2.24, 2.45) is 0 Å². The van der Waals surface area contributed by atoms with Crippen LogP contribution in [0.2, 0.25) is 0 Å². The highest BCUT2D eigenvalue weighted by Crippen LogP contribution is 2.36. The topological polar surface area (TPSA) is 227 Å². The van der Waals surface area contributed by atoms with Gasteiger partial charge in [-0.25, -0.2) is 0 Å². The molecule has 0 saturated heterocycles. The Morgan fingerprint density at radius 1 is 0.520 bits per heavy atom. The van der Waals surface area contributed by atoms with E-state index < -0.39 is 62.5 Å². The number of alkyl halides is 9. The molecular weight excluding hydrogens is 779 g/mol. The molecule has 0 aliphatic rings. The van der Waals surface area contributed by atoms with Gasteiger partial charge in [0.25, 0.3) is 11.4 Å². The van der Waals surface area contributed by atoms with Gasteiger partial charge < -0.3 is 9.29 Å². The summed E-state index contributed by atoms with van der Waals surface area (Å²) < 4.78 is 173. The predicted octanol–water partition coefficient (Wildman–Crippen LogP) is 6.13. The van der Waals surface area contributed by atoms with Crippen LogP contribution in [0, 0.1) is 20.2 Å². The summed E-state index contributed by atoms with van der Waals surface area (Å²) >= 11 is 0. The number of rotatable bonds is 6. The number of nitrogens with zero attached hydrogens (tertiary/aromatic N) is 2. The molecule has 0 fully saturated rings. The molecule has 0 saturated carbocycles. The minimum atomic E-state index is -6.85. The molecule has 4 rings (SSSR count). The van der Waals surface area contributed by atoms with Crippen LogP contribution >= 0.6 is 0 Å². The minimum absolute atomic E-state index is 0.0124. The molecule has 4 aromatic rings. The van der Waals surface area contributed by atoms with Gasteiger partial charge in [-0.1, -0.05) is 36.4 Å². The Labute approximate surface area is 271 Å². The number of aromatic hydroxyl groups is 1. The van der Waals surface area contributed by atoms with Crippen LogP contribution in [0.3, 0.4) is 0 Å². The quantitative estimate of drug-likeness (QED) is 0.0763. The van der Waals surface area contributed by atoms with E-state index >= 15 is 0 Å². The second kappa shape index (κ2) is 14.5. The fraction of sp³-hybridized carbons (Fsp3) is 0.130. The van der Waals surface area contributed by atoms with Crippen LogP contribution in [-0.2, 0) is 34.0 Å². The van der Waals surface area contributed by atoms with Crippen LogP contribution in [0.4, 0.5) is 50.9 Å². The van der Waals surface area contributed by atoms with Gasteiger partial charge in [0.15, 0.2) is 5.75 Å². The molecule has 0 atom stereocenters. The molecule has 50 heavy (non-hydrogen) atoms. The fourth-order valence-electron chi connectivity index (χ4n) is 3.27. The molecule has 15 nitrogen and oxygen atoms in total. The third kappa shape index (κ3) is 9.57. The maximum absolute atomic E-state index is 12.3. The van der Waals surface area contributed by atoms with Crippen molar-refractivity contribution in [3.8, 4) is 11.5 Å². The molecule has 0 heterocycles. The minimum Gasteiger partial charge on any atom is -0.507 e. The second-order valence-corrected chi connectivity index (χ2v) is 13.5. The van der Waals surface area contributed by atoms with Crippen LogP contribution < -0.4 is 4.18 Å². The first kappa shape index (κ1) is 41.2. The van der Waals surface area contributed by atoms with Crippen LogP contribution in [0.5, 0.6) is 11.5 Å². The fourth-order valence-corrected chi connectivity index (χ4v) is 5.31. The number of non-ortho nitro benzene ring substituents is 2. The lowest BCUT2D eigenvalue weighted by molar-refractivity contribution is -0.383. The molecule has 0 aliphatic carbocycles. The number of benzene rings is 4. The van der Waals surface area contributed by atoms with Gasteiger partial charge in [-0.3, -0.25) is 20.2 Å². The molecule has 274 valence electrons. The third-order valence-electron chi connectivity index (χ3n) is 5.36. The number of fused-ring (bicyclic) bond motifs is 2. The smallest absolute Gasteiger partial charge is 0.507 e. The summed E-state index contributed by atoms with van der Waals surface area (Å²) in [7, 11) is -19.5. The Kier molecular flexibility index (Phi) is 11.9. The van der Waals surface area contributed by atoms with Gasteiger partial charge in [0.2, 0.25) is 0 Å². The first-order valence-corrected chi connectivity index (χ1v) is 16.1. The monoisotopic (exact) mass is 792 g/mol. The largest absolute Gasteiger partial charge is 0.534 e. The lowest BCUT2D eigenvalue weighted by atomic mass is 10.1. The van der Waals surface area contributed by atoms with Crippen molar-refractivity contribution < 1.29 is 87.5 Å². The summed E-state index contributed by atoms with van der Waals surface area (Å²) in [6.07, 6.45) is 0. The van der Waals surface area contributed by atoms with E-state index in [1.165, 1.54) is 36.4 Å². The molecule has 1 N–H and O–H groups in total. The molecule has 0 aliphatic heterocycles. The SMILES string of the molecule is O=S(=O)(OS(=O)(=O)C(F)(F)F)C(F)(F)F.O=[N+]([O-])c1ccc(O)c2ccccc12.O=[N+]([O-])c1ccc(OS(=O)(=O)C(F)(F)F)c2ccccc12. The summed E-state index contributed by atoms with van der Waals surface area (Å²) in [6, 6.07) is 16.3. The third-order valence-corrected chi connectivity index (χ3v) is 8.89. The van der Waals surface area contributed by atoms with Crippen molar-refractivity contribution in [1.29, 1.82) is 0 Å². The van der Waals surface area contributed by atoms with Crippen LogP contribution in [0.1, 0.15) is 0 Å². The van der Waals surface area contributed by atoms with Crippen molar-refractivity contribution in [1.82, 2.24) is 0 Å². The van der Waals surface area contributed by atoms with E-state index in [9.17, 15) is 90.1 Å². The Morgan fingerprint density at radius 2 is 0.860 bits per heavy atom. The molecule has 0 radical (unpaired) electrons. The maximum Gasteiger partial charge on any atom is 0.534 e. The summed E-state index contributed by atoms with van der Waals surface area (Å²) in [4.78, 5) is 20.3. The summed E-state index contributed by atoms with van der Waals surface area (Å²) in [6.45, 7) is 0. The molecule has 0 unspecified atom stereocenters. The van der Waals surface area contributed by atoms with Crippen molar-refractivity contribution in [2.45, 2.75) is 16.5 Å². The predicted molar refractivity (Wildman–Crippen MR) is 150 cm³/mol. The number of nitro benzene ring substituents is 2. The molecule has 0 spiro atoms. The van der Waals surface area contributed by atoms with Gasteiger partial charge in [0.05, 0.1) is 20.6 Å². The Bertz CT molecular complexity index is 2220. The second-order valence-electron chi connectivity index (χ2n) is 8.64. The molecule has 0 amide bonds. The highest BCUT2D eigenvalue weighted by molar-refractivity contribution is 8.00. The number of halogens is 9. The van der Waals surface area contributed by atoms with E-state index in [4.69, 9.17) is 0 Å². The summed E-state index contributed by atoms with van der Waals surface area (Å²) in [5, 5.41) is 31.8. The molecule has 0 aromatic heterocycles. The zero-order valence-electron chi connectivity index (χ0n) is 23.3. The van der Waals surface area contributed by atoms with Crippen molar-refractivity contribution in [2.75, 3.05) is 0 Å². The number of phenolic OH excluding ortho intramolecular Hbond substituents is 1. The number of phenols is 1. The normalized spacial score (nSPS) is 12.7. The average molecular weight is 793 g/mol. The average Bonchev–Trinajstić information content (AvgIpc) is 2.95. The van der Waals surface area contributed by atoms with Gasteiger partial charge in [0.1, 0.15) is 5.75 Å². The van der Waals surface area contributed by atoms with E-state index in [0.717, 1.165) is 12.1 Å². The molecule has 4 aromatic carbocycles. The number of hydrogen-bond donors (Lipinski definition) is 1. The summed E-state index contributed by atoms with van der Waals surface area (Å²) in [5.41, 5.74) is -18.5. The van der Waals surface area contributed by atoms with E-state index in [0.29, 0.717) is 10.8 Å². The van der Waals surface area contributed by atoms with E-state index in [1.54, 1.807) is 24.3 Å². The van der Waals surface area contributed by atoms with E-state index in [2.05, 4.69) is 4.18 Å². The summed E-state index contributed by atoms with van der Waals surface area (Å²) in [5.74, 6) is -0.570. The number of nitro groups is 2. The van der Waals surface area contributed by atoms with Crippen LogP contribution in [0.25, 0.3) is 21.5 Å². The number of hydrogen-bond acceptors (Lipinski definition) is 13. The Balaban J connectivity index is 0.000000268. The van der Waals surface area contributed by atoms with Gasteiger partial charge in [0, 0.05) is 22.9 Å². The van der Waals surface area contributed by atoms with Gasteiger partial charge >= 0.3 is 46.9 Å². The Hall–Kier alpha value is -5.02. The standard InChI is InChI=1S/C11H6F3NO5S.C10H7NO3.C2F6O5S2/c12-11(13,14)21(18,19)20-10-6-5-9(15(16)17)7-3-1-2-4-8(7)10;12-10-6-5-9(11(13)14)7-3-1-2-4-8(7)10;3-1(4,5)14(9,10)13-15(11,12)2(6,7)8/h1-6H;1-6,12H;. The lowest BCUT2D eigenvalue weighted by Crippen LogP contribution is -2.34. The van der Waals surface area contributed by atoms with Crippen molar-refractivity contribution in [3.05, 3.63) is 93.0 Å². The van der Waals surface area contributed by atoms with Gasteiger partial charge in [-0.15, -0.1) is 3.63 Å². The zero-order valence-corrected chi connectivity index (χ0v) is 25.7. The molecule has 27 heteroatoms. The van der Waals surface area contributed by atoms with E-state index in [-0.39, 0.29) is 27.9 Å². The van der Waals surface area contributed by atoms with Crippen LogP contribution in [-0.4, -0.2) is 56.7 Å². The first-order valence-electron chi connectivity index (χ1n) is 11.9. The Morgan fingerprint density at radius 3 is 1.24 bits per heavy atom. The van der Waals surface area contributed by atoms with Crippen molar-refractivity contribution >= 4 is 63.3 Å². The van der Waals surface area contributed by atoms with Crippen LogP contribution in [0.15, 0.2) is 72.8 Å². The van der Waals surface area contributed by atoms with Gasteiger partial charge in [-0.05, 0) is 24.3 Å². The molecule has 0 bridgehead atoms. The van der Waals surface area contributed by atoms with Crippen molar-refractivity contribution in [3.63, 3.8) is 0 Å². The van der Waals surface area contributed by atoms with Gasteiger partial charge in [-0.2, -0.15) is 64.8 Å². The highest BCUT2D eigenvalue weighted by atomic mass is 32.3. The van der Waals surface area contributed by atoms with E-state index in [1.807, 2.05) is 3.63 Å². The first-order chi connectivity index (χ1) is 22.5. The lowest BCUT2D eigenvalue weighted by Gasteiger charge is -2.11.